The zero-order chi connectivity index (χ0) is 13.7. The van der Waals surface area contributed by atoms with Gasteiger partial charge < -0.3 is 14.4 Å². The van der Waals surface area contributed by atoms with Crippen LogP contribution in [0.3, 0.4) is 0 Å². The third-order valence-corrected chi connectivity index (χ3v) is 3.48. The van der Waals surface area contributed by atoms with Gasteiger partial charge in [0.2, 0.25) is 0 Å². The first-order valence-corrected chi connectivity index (χ1v) is 6.74. The van der Waals surface area contributed by atoms with E-state index >= 15 is 0 Å². The standard InChI is InChI=1S/C13H21N3O3/c1-2-16-8-5-14-12(16)9-15-6-3-11(4-7-15)19-10-13(17)18/h5,8,11H,2-4,6-7,9-10H2,1H3,(H,17,18). The van der Waals surface area contributed by atoms with Crippen molar-refractivity contribution >= 4 is 5.97 Å². The molecule has 0 atom stereocenters. The maximum Gasteiger partial charge on any atom is 0.329 e. The lowest BCUT2D eigenvalue weighted by molar-refractivity contribution is -0.145. The van der Waals surface area contributed by atoms with E-state index in [-0.39, 0.29) is 12.7 Å². The zero-order valence-electron chi connectivity index (χ0n) is 11.3. The molecule has 19 heavy (non-hydrogen) atoms. The van der Waals surface area contributed by atoms with Crippen molar-refractivity contribution in [3.05, 3.63) is 18.2 Å². The number of carboxylic acids is 1. The highest BCUT2D eigenvalue weighted by Crippen LogP contribution is 2.15. The van der Waals surface area contributed by atoms with E-state index in [0.717, 1.165) is 44.8 Å². The first-order chi connectivity index (χ1) is 9.19. The number of carboxylic acid groups (broad SMARTS) is 1. The molecular formula is C13H21N3O3. The summed E-state index contributed by atoms with van der Waals surface area (Å²) in [5.74, 6) is 0.194. The molecule has 0 spiro atoms. The van der Waals surface area contributed by atoms with Gasteiger partial charge in [0.1, 0.15) is 12.4 Å². The fourth-order valence-corrected chi connectivity index (χ4v) is 2.40. The second-order valence-electron chi connectivity index (χ2n) is 4.81. The molecule has 0 radical (unpaired) electrons. The van der Waals surface area contributed by atoms with Crippen LogP contribution in [0.5, 0.6) is 0 Å². The second-order valence-corrected chi connectivity index (χ2v) is 4.81. The van der Waals surface area contributed by atoms with Crippen molar-refractivity contribution in [1.82, 2.24) is 14.5 Å². The zero-order valence-corrected chi connectivity index (χ0v) is 11.3. The summed E-state index contributed by atoms with van der Waals surface area (Å²) in [5.41, 5.74) is 0. The number of likely N-dealkylation sites (tertiary alicyclic amines) is 1. The van der Waals surface area contributed by atoms with Crippen molar-refractivity contribution in [2.45, 2.75) is 39.0 Å². The molecule has 2 rings (SSSR count). The van der Waals surface area contributed by atoms with Gasteiger partial charge in [0.05, 0.1) is 12.6 Å². The van der Waals surface area contributed by atoms with Crippen LogP contribution >= 0.6 is 0 Å². The molecule has 1 saturated heterocycles. The van der Waals surface area contributed by atoms with E-state index in [4.69, 9.17) is 9.84 Å². The summed E-state index contributed by atoms with van der Waals surface area (Å²) in [6.07, 6.45) is 5.69. The number of piperidine rings is 1. The molecule has 0 saturated carbocycles. The van der Waals surface area contributed by atoms with Crippen molar-refractivity contribution in [3.63, 3.8) is 0 Å². The number of imidazole rings is 1. The van der Waals surface area contributed by atoms with Gasteiger partial charge in [-0.1, -0.05) is 0 Å². The molecule has 1 aromatic rings. The molecule has 0 bridgehead atoms. The Morgan fingerprint density at radius 1 is 1.53 bits per heavy atom. The molecule has 0 aromatic carbocycles. The van der Waals surface area contributed by atoms with E-state index in [1.807, 2.05) is 12.4 Å². The number of hydrogen-bond donors (Lipinski definition) is 1. The molecule has 1 aliphatic heterocycles. The van der Waals surface area contributed by atoms with Crippen molar-refractivity contribution in [2.75, 3.05) is 19.7 Å². The number of hydrogen-bond acceptors (Lipinski definition) is 4. The van der Waals surface area contributed by atoms with Gasteiger partial charge in [-0.15, -0.1) is 0 Å². The predicted molar refractivity (Wildman–Crippen MR) is 69.8 cm³/mol. The maximum atomic E-state index is 10.4. The lowest BCUT2D eigenvalue weighted by atomic mass is 10.1. The molecule has 0 unspecified atom stereocenters. The normalized spacial score (nSPS) is 17.7. The lowest BCUT2D eigenvalue weighted by Gasteiger charge is -2.31. The Morgan fingerprint density at radius 2 is 2.26 bits per heavy atom. The molecule has 0 amide bonds. The molecule has 1 N–H and O–H groups in total. The Bertz CT molecular complexity index is 411. The molecule has 1 aliphatic rings. The molecule has 6 nitrogen and oxygen atoms in total. The number of rotatable bonds is 6. The topological polar surface area (TPSA) is 67.6 Å². The Kier molecular flexibility index (Phi) is 4.93. The Morgan fingerprint density at radius 3 is 2.89 bits per heavy atom. The summed E-state index contributed by atoms with van der Waals surface area (Å²) in [5, 5.41) is 8.58. The SMILES string of the molecule is CCn1ccnc1CN1CCC(OCC(=O)O)CC1. The maximum absolute atomic E-state index is 10.4. The van der Waals surface area contributed by atoms with E-state index in [1.54, 1.807) is 0 Å². The van der Waals surface area contributed by atoms with Crippen LogP contribution in [0.25, 0.3) is 0 Å². The monoisotopic (exact) mass is 267 g/mol. The van der Waals surface area contributed by atoms with Gasteiger partial charge in [-0.2, -0.15) is 0 Å². The molecule has 1 fully saturated rings. The van der Waals surface area contributed by atoms with Crippen molar-refractivity contribution in [3.8, 4) is 0 Å². The molecule has 1 aromatic heterocycles. The van der Waals surface area contributed by atoms with Crippen LogP contribution < -0.4 is 0 Å². The smallest absolute Gasteiger partial charge is 0.329 e. The first kappa shape index (κ1) is 14.0. The van der Waals surface area contributed by atoms with Gasteiger partial charge in [-0.05, 0) is 19.8 Å². The van der Waals surface area contributed by atoms with Gasteiger partial charge in [0, 0.05) is 32.0 Å². The molecule has 6 heteroatoms. The number of nitrogens with zero attached hydrogens (tertiary/aromatic N) is 3. The van der Waals surface area contributed by atoms with Crippen molar-refractivity contribution < 1.29 is 14.6 Å². The summed E-state index contributed by atoms with van der Waals surface area (Å²) < 4.78 is 7.47. The van der Waals surface area contributed by atoms with E-state index in [9.17, 15) is 4.79 Å². The van der Waals surface area contributed by atoms with E-state index in [0.29, 0.717) is 0 Å². The molecule has 106 valence electrons. The van der Waals surface area contributed by atoms with Gasteiger partial charge in [0.15, 0.2) is 0 Å². The predicted octanol–water partition coefficient (Wildman–Crippen LogP) is 0.969. The van der Waals surface area contributed by atoms with Gasteiger partial charge >= 0.3 is 5.97 Å². The minimum atomic E-state index is -0.896. The van der Waals surface area contributed by atoms with Crippen LogP contribution in [0.4, 0.5) is 0 Å². The number of aromatic nitrogens is 2. The summed E-state index contributed by atoms with van der Waals surface area (Å²) >= 11 is 0. The van der Waals surface area contributed by atoms with Crippen LogP contribution in [0.15, 0.2) is 12.4 Å². The van der Waals surface area contributed by atoms with Gasteiger partial charge in [0.25, 0.3) is 0 Å². The first-order valence-electron chi connectivity index (χ1n) is 6.74. The van der Waals surface area contributed by atoms with Crippen molar-refractivity contribution in [2.24, 2.45) is 0 Å². The highest BCUT2D eigenvalue weighted by molar-refractivity contribution is 5.68. The Hall–Kier alpha value is -1.40. The highest BCUT2D eigenvalue weighted by Gasteiger charge is 2.21. The van der Waals surface area contributed by atoms with Crippen LogP contribution in [-0.2, 0) is 22.6 Å². The van der Waals surface area contributed by atoms with Crippen molar-refractivity contribution in [1.29, 1.82) is 0 Å². The average molecular weight is 267 g/mol. The summed E-state index contributed by atoms with van der Waals surface area (Å²) in [4.78, 5) is 17.2. The highest BCUT2D eigenvalue weighted by atomic mass is 16.5. The quantitative estimate of drug-likeness (QED) is 0.831. The Balaban J connectivity index is 1.76. The van der Waals surface area contributed by atoms with Crippen LogP contribution in [-0.4, -0.2) is 51.3 Å². The fourth-order valence-electron chi connectivity index (χ4n) is 2.40. The third kappa shape index (κ3) is 4.04. The molecule has 0 aliphatic carbocycles. The van der Waals surface area contributed by atoms with E-state index in [1.165, 1.54) is 0 Å². The minimum Gasteiger partial charge on any atom is -0.480 e. The van der Waals surface area contributed by atoms with E-state index in [2.05, 4.69) is 21.4 Å². The average Bonchev–Trinajstić information content (AvgIpc) is 2.85. The number of ether oxygens (including phenoxy) is 1. The second kappa shape index (κ2) is 6.68. The van der Waals surface area contributed by atoms with Crippen LogP contribution in [0.1, 0.15) is 25.6 Å². The Labute approximate surface area is 113 Å². The summed E-state index contributed by atoms with van der Waals surface area (Å²) in [6.45, 7) is 5.57. The van der Waals surface area contributed by atoms with Gasteiger partial charge in [-0.3, -0.25) is 4.90 Å². The number of aryl methyl sites for hydroxylation is 1. The lowest BCUT2D eigenvalue weighted by Crippen LogP contribution is -2.37. The van der Waals surface area contributed by atoms with Gasteiger partial charge in [-0.25, -0.2) is 9.78 Å². The minimum absolute atomic E-state index is 0.0817. The van der Waals surface area contributed by atoms with E-state index < -0.39 is 5.97 Å². The summed E-state index contributed by atoms with van der Waals surface area (Å²) in [7, 11) is 0. The number of aliphatic carboxylic acids is 1. The number of carbonyl (C=O) groups is 1. The molecule has 2 heterocycles. The fraction of sp³-hybridized carbons (Fsp3) is 0.692. The van der Waals surface area contributed by atoms with Crippen LogP contribution in [0.2, 0.25) is 0 Å². The largest absolute Gasteiger partial charge is 0.480 e. The van der Waals surface area contributed by atoms with Crippen LogP contribution in [0, 0.1) is 0 Å². The summed E-state index contributed by atoms with van der Waals surface area (Å²) in [6, 6.07) is 0. The molecular weight excluding hydrogens is 246 g/mol. The third-order valence-electron chi connectivity index (χ3n) is 3.48.